The molecule has 146 valence electrons. The lowest BCUT2D eigenvalue weighted by molar-refractivity contribution is -0.118. The average molecular weight is 421 g/mol. The fourth-order valence-electron chi connectivity index (χ4n) is 2.41. The Morgan fingerprint density at radius 1 is 1.14 bits per heavy atom. The number of aliphatic hydroxyl groups is 1. The fourth-order valence-corrected chi connectivity index (χ4v) is 3.72. The molecule has 8 nitrogen and oxygen atoms in total. The monoisotopic (exact) mass is 420 g/mol. The summed E-state index contributed by atoms with van der Waals surface area (Å²) >= 11 is 5.75. The van der Waals surface area contributed by atoms with Gasteiger partial charge in [-0.1, -0.05) is 41.9 Å². The van der Waals surface area contributed by atoms with Crippen LogP contribution in [0.3, 0.4) is 0 Å². The van der Waals surface area contributed by atoms with Crippen LogP contribution in [0, 0.1) is 0 Å². The Kier molecular flexibility index (Phi) is 6.10. The van der Waals surface area contributed by atoms with E-state index in [9.17, 15) is 18.3 Å². The minimum Gasteiger partial charge on any atom is -0.394 e. The summed E-state index contributed by atoms with van der Waals surface area (Å²) in [7, 11) is -4.02. The van der Waals surface area contributed by atoms with Gasteiger partial charge < -0.3 is 10.4 Å². The summed E-state index contributed by atoms with van der Waals surface area (Å²) in [5, 5.41) is 19.1. The van der Waals surface area contributed by atoms with Crippen molar-refractivity contribution in [1.29, 1.82) is 0 Å². The number of H-pyrrole nitrogens is 1. The minimum atomic E-state index is -4.02. The number of anilines is 1. The van der Waals surface area contributed by atoms with Crippen molar-refractivity contribution in [2.75, 3.05) is 11.9 Å². The van der Waals surface area contributed by atoms with Crippen molar-refractivity contribution in [2.45, 2.75) is 10.9 Å². The number of carbonyl (C=O) groups is 1. The molecular formula is C18H17ClN4O4S. The molecule has 1 amide bonds. The molecule has 0 aliphatic rings. The van der Waals surface area contributed by atoms with Gasteiger partial charge >= 0.3 is 0 Å². The lowest BCUT2D eigenvalue weighted by atomic mass is 10.1. The number of nitrogens with one attached hydrogen (secondary N) is 3. The molecule has 0 spiro atoms. The van der Waals surface area contributed by atoms with Crippen molar-refractivity contribution >= 4 is 33.3 Å². The third-order valence-corrected chi connectivity index (χ3v) is 5.57. The van der Waals surface area contributed by atoms with Gasteiger partial charge in [0, 0.05) is 11.1 Å². The van der Waals surface area contributed by atoms with E-state index in [1.807, 2.05) is 30.3 Å². The van der Waals surface area contributed by atoms with E-state index in [1.165, 1.54) is 24.3 Å². The average Bonchev–Trinajstić information content (AvgIpc) is 3.15. The highest BCUT2D eigenvalue weighted by Gasteiger charge is 2.25. The second-order valence-electron chi connectivity index (χ2n) is 5.83. The van der Waals surface area contributed by atoms with Crippen molar-refractivity contribution in [3.05, 3.63) is 65.7 Å². The van der Waals surface area contributed by atoms with Gasteiger partial charge in [0.25, 0.3) is 0 Å². The van der Waals surface area contributed by atoms with Crippen LogP contribution in [0.25, 0.3) is 11.3 Å². The Morgan fingerprint density at radius 2 is 1.82 bits per heavy atom. The summed E-state index contributed by atoms with van der Waals surface area (Å²) in [6.45, 7) is -0.728. The Bertz CT molecular complexity index is 1050. The van der Waals surface area contributed by atoms with Crippen LogP contribution in [-0.4, -0.2) is 42.3 Å². The fraction of sp³-hybridized carbons (Fsp3) is 0.111. The van der Waals surface area contributed by atoms with Crippen LogP contribution in [0.15, 0.2) is 65.6 Å². The van der Waals surface area contributed by atoms with Crippen LogP contribution >= 0.6 is 11.6 Å². The van der Waals surface area contributed by atoms with Gasteiger partial charge in [-0.15, -0.1) is 0 Å². The number of hydrogen-bond donors (Lipinski definition) is 4. The number of sulfonamides is 1. The van der Waals surface area contributed by atoms with Gasteiger partial charge in [-0.2, -0.15) is 9.82 Å². The number of aliphatic hydroxyl groups excluding tert-OH is 1. The van der Waals surface area contributed by atoms with E-state index in [1.54, 1.807) is 6.07 Å². The van der Waals surface area contributed by atoms with Gasteiger partial charge in [0.15, 0.2) is 5.82 Å². The number of rotatable bonds is 7. The molecule has 0 aliphatic carbocycles. The molecule has 0 saturated carbocycles. The normalized spacial score (nSPS) is 12.5. The van der Waals surface area contributed by atoms with Gasteiger partial charge in [0.2, 0.25) is 15.9 Å². The van der Waals surface area contributed by atoms with Crippen molar-refractivity contribution in [3.8, 4) is 11.3 Å². The molecule has 1 aromatic heterocycles. The van der Waals surface area contributed by atoms with Crippen LogP contribution in [0.2, 0.25) is 5.02 Å². The predicted octanol–water partition coefficient (Wildman–Crippen LogP) is 2.01. The van der Waals surface area contributed by atoms with Crippen molar-refractivity contribution < 1.29 is 18.3 Å². The van der Waals surface area contributed by atoms with E-state index in [2.05, 4.69) is 20.2 Å². The summed E-state index contributed by atoms with van der Waals surface area (Å²) < 4.78 is 26.9. The Morgan fingerprint density at radius 3 is 2.46 bits per heavy atom. The first-order valence-electron chi connectivity index (χ1n) is 8.19. The molecule has 0 radical (unpaired) electrons. The number of aromatic amines is 1. The molecule has 3 rings (SSSR count). The van der Waals surface area contributed by atoms with Gasteiger partial charge in [0.05, 0.1) is 17.2 Å². The van der Waals surface area contributed by atoms with Crippen molar-refractivity contribution in [2.24, 2.45) is 0 Å². The van der Waals surface area contributed by atoms with Crippen LogP contribution in [0.4, 0.5) is 5.82 Å². The van der Waals surface area contributed by atoms with E-state index in [-0.39, 0.29) is 10.7 Å². The maximum Gasteiger partial charge on any atom is 0.246 e. The first-order chi connectivity index (χ1) is 13.4. The maximum absolute atomic E-state index is 12.4. The number of amides is 1. The van der Waals surface area contributed by atoms with Crippen molar-refractivity contribution in [1.82, 2.24) is 14.9 Å². The summed E-state index contributed by atoms with van der Waals surface area (Å²) in [6.07, 6.45) is 0. The molecule has 1 heterocycles. The SMILES string of the molecule is O=C(Nc1cc(-c2ccccc2)[nH]n1)C(CO)NS(=O)(=O)c1ccc(Cl)cc1. The molecule has 28 heavy (non-hydrogen) atoms. The Balaban J connectivity index is 1.70. The van der Waals surface area contributed by atoms with E-state index < -0.39 is 28.6 Å². The van der Waals surface area contributed by atoms with Crippen LogP contribution in [-0.2, 0) is 14.8 Å². The third-order valence-electron chi connectivity index (χ3n) is 3.83. The minimum absolute atomic E-state index is 0.0747. The summed E-state index contributed by atoms with van der Waals surface area (Å²) in [5.74, 6) is -0.542. The van der Waals surface area contributed by atoms with Gasteiger partial charge in [0.1, 0.15) is 6.04 Å². The molecule has 0 bridgehead atoms. The Hall–Kier alpha value is -2.72. The van der Waals surface area contributed by atoms with Crippen LogP contribution < -0.4 is 10.0 Å². The second kappa shape index (κ2) is 8.53. The van der Waals surface area contributed by atoms with E-state index in [0.29, 0.717) is 10.7 Å². The first-order valence-corrected chi connectivity index (χ1v) is 10.1. The zero-order valence-electron chi connectivity index (χ0n) is 14.5. The summed E-state index contributed by atoms with van der Waals surface area (Å²) in [4.78, 5) is 12.3. The molecule has 3 aromatic rings. The Labute approximate surface area is 166 Å². The number of carbonyl (C=O) groups excluding carboxylic acids is 1. The van der Waals surface area contributed by atoms with E-state index in [0.717, 1.165) is 5.56 Å². The zero-order chi connectivity index (χ0) is 20.1. The molecule has 2 aromatic carbocycles. The smallest absolute Gasteiger partial charge is 0.246 e. The quantitative estimate of drug-likeness (QED) is 0.465. The first kappa shape index (κ1) is 20.0. The maximum atomic E-state index is 12.4. The molecule has 1 atom stereocenters. The number of hydrogen-bond acceptors (Lipinski definition) is 5. The van der Waals surface area contributed by atoms with Crippen LogP contribution in [0.5, 0.6) is 0 Å². The molecule has 0 fully saturated rings. The highest BCUT2D eigenvalue weighted by Crippen LogP contribution is 2.19. The topological polar surface area (TPSA) is 124 Å². The number of halogens is 1. The molecule has 4 N–H and O–H groups in total. The summed E-state index contributed by atoms with van der Waals surface area (Å²) in [6, 6.07) is 15.0. The predicted molar refractivity (Wildman–Crippen MR) is 105 cm³/mol. The van der Waals surface area contributed by atoms with E-state index >= 15 is 0 Å². The van der Waals surface area contributed by atoms with Crippen molar-refractivity contribution in [3.63, 3.8) is 0 Å². The number of aromatic nitrogens is 2. The van der Waals surface area contributed by atoms with Gasteiger partial charge in [-0.25, -0.2) is 8.42 Å². The molecule has 0 saturated heterocycles. The van der Waals surface area contributed by atoms with E-state index in [4.69, 9.17) is 11.6 Å². The molecular weight excluding hydrogens is 404 g/mol. The van der Waals surface area contributed by atoms with Gasteiger partial charge in [-0.3, -0.25) is 9.89 Å². The second-order valence-corrected chi connectivity index (χ2v) is 7.98. The molecule has 1 unspecified atom stereocenters. The standard InChI is InChI=1S/C18H17ClN4O4S/c19-13-6-8-14(9-7-13)28(26,27)23-16(11-24)18(25)20-17-10-15(21-22-17)12-4-2-1-3-5-12/h1-10,16,23-24H,11H2,(H2,20,21,22,25). The van der Waals surface area contributed by atoms with Gasteiger partial charge in [-0.05, 0) is 29.8 Å². The lowest BCUT2D eigenvalue weighted by Crippen LogP contribution is -2.46. The zero-order valence-corrected chi connectivity index (χ0v) is 16.0. The third kappa shape index (κ3) is 4.76. The highest BCUT2D eigenvalue weighted by atomic mass is 35.5. The number of nitrogens with zero attached hydrogens (tertiary/aromatic N) is 1. The lowest BCUT2D eigenvalue weighted by Gasteiger charge is -2.15. The number of benzene rings is 2. The largest absolute Gasteiger partial charge is 0.394 e. The summed E-state index contributed by atoms with van der Waals surface area (Å²) in [5.41, 5.74) is 1.55. The molecule has 0 aliphatic heterocycles. The molecule has 10 heteroatoms. The highest BCUT2D eigenvalue weighted by molar-refractivity contribution is 7.89. The van der Waals surface area contributed by atoms with Crippen LogP contribution in [0.1, 0.15) is 0 Å².